The second-order valence-corrected chi connectivity index (χ2v) is 13.6. The lowest BCUT2D eigenvalue weighted by molar-refractivity contribution is -0.207. The van der Waals surface area contributed by atoms with Gasteiger partial charge in [0.15, 0.2) is 0 Å². The number of esters is 1. The molecule has 4 aliphatic carbocycles. The van der Waals surface area contributed by atoms with Gasteiger partial charge in [-0.05, 0) is 116 Å². The molecule has 4 saturated carbocycles. The van der Waals surface area contributed by atoms with Crippen molar-refractivity contribution in [2.45, 2.75) is 96.9 Å². The van der Waals surface area contributed by atoms with E-state index >= 15 is 0 Å². The molecule has 0 aromatic heterocycles. The Bertz CT molecular complexity index is 1110. The first-order valence-electron chi connectivity index (χ1n) is 14.7. The highest BCUT2D eigenvalue weighted by Crippen LogP contribution is 2.68. The van der Waals surface area contributed by atoms with E-state index in [1.54, 1.807) is 0 Å². The number of benzene rings is 1. The van der Waals surface area contributed by atoms with Gasteiger partial charge in [0.1, 0.15) is 17.4 Å². The Balaban J connectivity index is 1.31. The van der Waals surface area contributed by atoms with Crippen LogP contribution in [0.4, 0.5) is 5.69 Å². The summed E-state index contributed by atoms with van der Waals surface area (Å²) in [4.78, 5) is 24.0. The third-order valence-corrected chi connectivity index (χ3v) is 11.8. The third-order valence-electron chi connectivity index (χ3n) is 11.8. The lowest BCUT2D eigenvalue weighted by atomic mass is 9.43. The predicted molar refractivity (Wildman–Crippen MR) is 146 cm³/mol. The molecule has 4 aliphatic rings. The number of anilines is 1. The number of phenols is 1. The second-order valence-electron chi connectivity index (χ2n) is 13.6. The Morgan fingerprint density at radius 2 is 1.85 bits per heavy atom. The van der Waals surface area contributed by atoms with E-state index in [0.717, 1.165) is 19.3 Å². The first-order chi connectivity index (χ1) is 18.4. The van der Waals surface area contributed by atoms with Gasteiger partial charge in [0.05, 0.1) is 12.2 Å². The average molecular weight is 544 g/mol. The Morgan fingerprint density at radius 1 is 1.10 bits per heavy atom. The zero-order valence-corrected chi connectivity index (χ0v) is 23.4. The average Bonchev–Trinajstić information content (AvgIpc) is 3.24. The number of hydrogen-bond donors (Lipinski definition) is 5. The van der Waals surface area contributed by atoms with E-state index in [-0.39, 0.29) is 70.2 Å². The minimum Gasteiger partial charge on any atom is -0.507 e. The van der Waals surface area contributed by atoms with Crippen molar-refractivity contribution in [3.05, 3.63) is 23.8 Å². The van der Waals surface area contributed by atoms with Crippen LogP contribution in [0.5, 0.6) is 5.75 Å². The fourth-order valence-corrected chi connectivity index (χ4v) is 9.71. The maximum absolute atomic E-state index is 12.8. The van der Waals surface area contributed by atoms with Crippen LogP contribution in [0.1, 0.15) is 88.9 Å². The van der Waals surface area contributed by atoms with Gasteiger partial charge in [0, 0.05) is 12.1 Å². The van der Waals surface area contributed by atoms with E-state index in [9.17, 15) is 30.0 Å². The number of nitrogens with two attached hydrogens (primary N) is 1. The molecule has 5 rings (SSSR count). The van der Waals surface area contributed by atoms with Crippen LogP contribution in [0.25, 0.3) is 0 Å². The Hall–Kier alpha value is -2.32. The first-order valence-corrected chi connectivity index (χ1v) is 14.7. The highest BCUT2D eigenvalue weighted by Gasteiger charge is 2.65. The molecule has 0 amide bonds. The number of carboxylic acid groups (broad SMARTS) is 1. The topological polar surface area (TPSA) is 150 Å². The Morgan fingerprint density at radius 3 is 2.56 bits per heavy atom. The van der Waals surface area contributed by atoms with Crippen molar-refractivity contribution in [2.75, 3.05) is 5.73 Å². The molecule has 0 heterocycles. The number of hydrogen-bond acceptors (Lipinski definition) is 7. The molecule has 8 heteroatoms. The van der Waals surface area contributed by atoms with Gasteiger partial charge in [-0.25, -0.2) is 4.79 Å². The van der Waals surface area contributed by atoms with Gasteiger partial charge < -0.3 is 30.9 Å². The number of aliphatic carboxylic acids is 1. The van der Waals surface area contributed by atoms with Crippen LogP contribution in [0, 0.1) is 46.3 Å². The van der Waals surface area contributed by atoms with Crippen LogP contribution in [-0.2, 0) is 9.53 Å². The fraction of sp³-hybridized carbons (Fsp3) is 0.742. The summed E-state index contributed by atoms with van der Waals surface area (Å²) in [5.41, 5.74) is 5.85. The molecule has 1 aromatic rings. The molecule has 1 aromatic carbocycles. The van der Waals surface area contributed by atoms with E-state index in [1.165, 1.54) is 18.2 Å². The van der Waals surface area contributed by atoms with E-state index in [1.807, 2.05) is 0 Å². The van der Waals surface area contributed by atoms with E-state index in [4.69, 9.17) is 10.5 Å². The second kappa shape index (κ2) is 10.3. The maximum Gasteiger partial charge on any atom is 0.342 e. The van der Waals surface area contributed by atoms with E-state index in [0.29, 0.717) is 37.8 Å². The lowest BCUT2D eigenvalue weighted by Crippen LogP contribution is -2.62. The summed E-state index contributed by atoms with van der Waals surface area (Å²) in [5, 5.41) is 42.6. The van der Waals surface area contributed by atoms with Crippen molar-refractivity contribution in [2.24, 2.45) is 46.3 Å². The number of aliphatic hydroxyl groups excluding tert-OH is 2. The number of ether oxygens (including phenoxy) is 1. The van der Waals surface area contributed by atoms with Crippen LogP contribution in [-0.4, -0.2) is 50.7 Å². The molecule has 39 heavy (non-hydrogen) atoms. The van der Waals surface area contributed by atoms with Crippen molar-refractivity contribution in [3.63, 3.8) is 0 Å². The SMILES string of the molecule is C[C@H](CCC(=O)O)[C@H]1CC[C@H]2[C@@H]3[C@H](O)C[C@@H]4C[C@H](OC(=O)c5cc(N)ccc5O)CC[C@]4(C)[C@H]3C[C@H](O)[C@]12C. The minimum absolute atomic E-state index is 0.0649. The van der Waals surface area contributed by atoms with Gasteiger partial charge in [0.25, 0.3) is 0 Å². The summed E-state index contributed by atoms with van der Waals surface area (Å²) in [6, 6.07) is 4.35. The van der Waals surface area contributed by atoms with Gasteiger partial charge in [-0.3, -0.25) is 4.79 Å². The Kier molecular flexibility index (Phi) is 7.42. The van der Waals surface area contributed by atoms with Gasteiger partial charge in [-0.15, -0.1) is 0 Å². The van der Waals surface area contributed by atoms with E-state index in [2.05, 4.69) is 20.8 Å². The largest absolute Gasteiger partial charge is 0.507 e. The van der Waals surface area contributed by atoms with Crippen LogP contribution in [0.15, 0.2) is 18.2 Å². The Labute approximate surface area is 230 Å². The molecule has 4 fully saturated rings. The summed E-state index contributed by atoms with van der Waals surface area (Å²) in [6.45, 7) is 6.62. The minimum atomic E-state index is -0.779. The molecular formula is C31H45NO7. The molecule has 0 bridgehead atoms. The van der Waals surface area contributed by atoms with Gasteiger partial charge in [-0.1, -0.05) is 20.8 Å². The summed E-state index contributed by atoms with van der Waals surface area (Å²) < 4.78 is 5.84. The monoisotopic (exact) mass is 543 g/mol. The number of nitrogen functional groups attached to an aromatic ring is 1. The molecule has 0 saturated heterocycles. The third kappa shape index (κ3) is 4.71. The quantitative estimate of drug-likeness (QED) is 0.198. The van der Waals surface area contributed by atoms with Crippen molar-refractivity contribution >= 4 is 17.6 Å². The lowest BCUT2D eigenvalue weighted by Gasteiger charge is -2.63. The molecule has 8 nitrogen and oxygen atoms in total. The molecular weight excluding hydrogens is 498 g/mol. The van der Waals surface area contributed by atoms with Crippen molar-refractivity contribution in [3.8, 4) is 5.75 Å². The zero-order chi connectivity index (χ0) is 28.3. The summed E-state index contributed by atoms with van der Waals surface area (Å²) in [5.74, 6) is -0.404. The van der Waals surface area contributed by atoms with Crippen LogP contribution in [0.3, 0.4) is 0 Å². The van der Waals surface area contributed by atoms with E-state index < -0.39 is 24.1 Å². The highest BCUT2D eigenvalue weighted by molar-refractivity contribution is 5.93. The summed E-state index contributed by atoms with van der Waals surface area (Å²) in [7, 11) is 0. The number of aromatic hydroxyl groups is 1. The van der Waals surface area contributed by atoms with Crippen LogP contribution < -0.4 is 5.73 Å². The number of carbonyl (C=O) groups excluding carboxylic acids is 1. The number of fused-ring (bicyclic) bond motifs is 5. The number of carboxylic acids is 1. The normalized spacial score (nSPS) is 42.1. The van der Waals surface area contributed by atoms with Crippen LogP contribution in [0.2, 0.25) is 0 Å². The number of rotatable bonds is 6. The molecule has 0 unspecified atom stereocenters. The molecule has 0 radical (unpaired) electrons. The smallest absolute Gasteiger partial charge is 0.342 e. The maximum atomic E-state index is 12.8. The fourth-order valence-electron chi connectivity index (χ4n) is 9.71. The molecule has 216 valence electrons. The van der Waals surface area contributed by atoms with Crippen molar-refractivity contribution in [1.29, 1.82) is 0 Å². The van der Waals surface area contributed by atoms with Crippen molar-refractivity contribution < 1.29 is 34.8 Å². The van der Waals surface area contributed by atoms with Gasteiger partial charge in [-0.2, -0.15) is 0 Å². The highest BCUT2D eigenvalue weighted by atomic mass is 16.5. The van der Waals surface area contributed by atoms with Gasteiger partial charge >= 0.3 is 11.9 Å². The molecule has 11 atom stereocenters. The summed E-state index contributed by atoms with van der Waals surface area (Å²) >= 11 is 0. The zero-order valence-electron chi connectivity index (χ0n) is 23.4. The molecule has 0 aliphatic heterocycles. The standard InChI is InChI=1S/C31H45NO7/c1-16(4-9-27(36)37)21-6-7-22-28-23(15-26(35)31(21,22)3)30(2)11-10-19(12-17(30)13-25(28)34)39-29(38)20-14-18(32)5-8-24(20)33/h5,8,14,16-17,19,21-23,25-26,28,33-35H,4,6-7,9-13,15,32H2,1-3H3,(H,36,37)/t16-,17+,19-,21-,22+,23+,25-,26+,28+,30+,31-/m1/s1. The summed E-state index contributed by atoms with van der Waals surface area (Å²) in [6.07, 6.45) is 4.90. The van der Waals surface area contributed by atoms with Gasteiger partial charge in [0.2, 0.25) is 0 Å². The number of aliphatic hydroxyl groups is 2. The van der Waals surface area contributed by atoms with Crippen molar-refractivity contribution in [1.82, 2.24) is 0 Å². The first kappa shape index (κ1) is 28.2. The molecule has 0 spiro atoms. The van der Waals surface area contributed by atoms with Crippen LogP contribution >= 0.6 is 0 Å². The number of phenolic OH excluding ortho intramolecular Hbond substituents is 1. The molecule has 6 N–H and O–H groups in total. The predicted octanol–water partition coefficient (Wildman–Crippen LogP) is 4.60. The number of carbonyl (C=O) groups is 2.